The van der Waals surface area contributed by atoms with Gasteiger partial charge in [-0.3, -0.25) is 10.1 Å². The van der Waals surface area contributed by atoms with Crippen LogP contribution < -0.4 is 19.5 Å². The van der Waals surface area contributed by atoms with Crippen molar-refractivity contribution in [3.8, 4) is 34.4 Å². The van der Waals surface area contributed by atoms with Crippen molar-refractivity contribution < 1.29 is 29.2 Å². The predicted octanol–water partition coefficient (Wildman–Crippen LogP) is 4.93. The topological polar surface area (TPSA) is 121 Å². The number of hydrogen-bond donors (Lipinski definition) is 3. The number of hydrogen-bond acceptors (Lipinski definition) is 7. The first-order valence-electron chi connectivity index (χ1n) is 12.7. The third-order valence-electron chi connectivity index (χ3n) is 6.29. The van der Waals surface area contributed by atoms with E-state index in [2.05, 4.69) is 11.4 Å². The monoisotopic (exact) mass is 538 g/mol. The molecular weight excluding hydrogens is 508 g/mol. The zero-order valence-electron chi connectivity index (χ0n) is 22.0. The zero-order chi connectivity index (χ0) is 28.3. The maximum Gasteiger partial charge on any atom is 0.323 e. The Kier molecular flexibility index (Phi) is 9.72. The van der Waals surface area contributed by atoms with Gasteiger partial charge < -0.3 is 24.4 Å². The lowest BCUT2D eigenvalue weighted by Crippen LogP contribution is -2.39. The van der Waals surface area contributed by atoms with Crippen LogP contribution in [0, 0.1) is 11.3 Å². The summed E-state index contributed by atoms with van der Waals surface area (Å²) in [4.78, 5) is 11.3. The number of carbonyl (C=O) groups is 1. The van der Waals surface area contributed by atoms with Gasteiger partial charge in [0.2, 0.25) is 0 Å². The van der Waals surface area contributed by atoms with Crippen LogP contribution in [0.4, 0.5) is 0 Å². The molecule has 0 fully saturated rings. The first-order valence-corrected chi connectivity index (χ1v) is 12.7. The van der Waals surface area contributed by atoms with Crippen LogP contribution in [0.3, 0.4) is 0 Å². The van der Waals surface area contributed by atoms with Crippen LogP contribution in [-0.4, -0.2) is 35.9 Å². The quantitative estimate of drug-likeness (QED) is 0.219. The van der Waals surface area contributed by atoms with Crippen molar-refractivity contribution in [1.29, 1.82) is 5.26 Å². The summed E-state index contributed by atoms with van der Waals surface area (Å²) in [5, 5.41) is 30.7. The number of methoxy groups -OCH3 is 1. The van der Waals surface area contributed by atoms with Gasteiger partial charge in [0.05, 0.1) is 25.3 Å². The van der Waals surface area contributed by atoms with Crippen LogP contribution in [-0.2, 0) is 24.6 Å². The summed E-state index contributed by atoms with van der Waals surface area (Å²) in [5.41, 5.74) is 4.90. The minimum atomic E-state index is -1.15. The van der Waals surface area contributed by atoms with Gasteiger partial charge in [-0.1, -0.05) is 66.7 Å². The average Bonchev–Trinajstić information content (AvgIpc) is 3.00. The minimum Gasteiger partial charge on any atom is -0.496 e. The molecule has 4 rings (SSSR count). The third-order valence-corrected chi connectivity index (χ3v) is 6.29. The second-order valence-electron chi connectivity index (χ2n) is 8.98. The van der Waals surface area contributed by atoms with Crippen LogP contribution >= 0.6 is 0 Å². The molecule has 0 unspecified atom stereocenters. The van der Waals surface area contributed by atoms with Crippen LogP contribution in [0.1, 0.15) is 22.3 Å². The van der Waals surface area contributed by atoms with Gasteiger partial charge in [-0.15, -0.1) is 0 Å². The van der Waals surface area contributed by atoms with Crippen molar-refractivity contribution in [2.24, 2.45) is 0 Å². The zero-order valence-corrected chi connectivity index (χ0v) is 22.0. The lowest BCUT2D eigenvalue weighted by Gasteiger charge is -2.18. The molecule has 3 N–H and O–H groups in total. The van der Waals surface area contributed by atoms with E-state index in [-0.39, 0.29) is 19.8 Å². The highest BCUT2D eigenvalue weighted by atomic mass is 16.5. The number of nitrogens with one attached hydrogen (secondary N) is 1. The van der Waals surface area contributed by atoms with Crippen LogP contribution in [0.2, 0.25) is 0 Å². The summed E-state index contributed by atoms with van der Waals surface area (Å²) >= 11 is 0. The maximum atomic E-state index is 11.3. The molecule has 8 heteroatoms. The predicted molar refractivity (Wildman–Crippen MR) is 150 cm³/mol. The van der Waals surface area contributed by atoms with Gasteiger partial charge in [0, 0.05) is 29.3 Å². The number of carboxylic acids is 1. The Morgan fingerprint density at radius 3 is 2.45 bits per heavy atom. The molecule has 8 nitrogen and oxygen atoms in total. The fourth-order valence-electron chi connectivity index (χ4n) is 4.21. The summed E-state index contributed by atoms with van der Waals surface area (Å²) in [6, 6.07) is 29.3. The van der Waals surface area contributed by atoms with Gasteiger partial charge in [-0.05, 0) is 29.3 Å². The average molecular weight is 539 g/mol. The van der Waals surface area contributed by atoms with Gasteiger partial charge >= 0.3 is 5.97 Å². The number of para-hydroxylation sites is 1. The number of ether oxygens (including phenoxy) is 3. The lowest BCUT2D eigenvalue weighted by atomic mass is 10.0. The summed E-state index contributed by atoms with van der Waals surface area (Å²) in [6.07, 6.45) is 0. The van der Waals surface area contributed by atoms with Gasteiger partial charge in [-0.25, -0.2) is 0 Å². The normalized spacial score (nSPS) is 11.3. The smallest absolute Gasteiger partial charge is 0.323 e. The molecule has 0 spiro atoms. The number of rotatable bonds is 13. The molecule has 0 aliphatic carbocycles. The van der Waals surface area contributed by atoms with E-state index in [0.29, 0.717) is 22.6 Å². The third kappa shape index (κ3) is 7.17. The van der Waals surface area contributed by atoms with E-state index in [4.69, 9.17) is 14.2 Å². The number of nitrogens with zero attached hydrogens (tertiary/aromatic N) is 1. The molecule has 204 valence electrons. The first kappa shape index (κ1) is 28.2. The summed E-state index contributed by atoms with van der Waals surface area (Å²) in [5.74, 6) is 0.616. The van der Waals surface area contributed by atoms with Crippen molar-refractivity contribution in [2.45, 2.75) is 25.8 Å². The van der Waals surface area contributed by atoms with Gasteiger partial charge in [0.1, 0.15) is 36.5 Å². The highest BCUT2D eigenvalue weighted by molar-refractivity contribution is 5.73. The fourth-order valence-corrected chi connectivity index (χ4v) is 4.21. The molecule has 0 aliphatic rings. The van der Waals surface area contributed by atoms with Gasteiger partial charge in [-0.2, -0.15) is 5.26 Å². The molecule has 0 bridgehead atoms. The van der Waals surface area contributed by atoms with E-state index in [9.17, 15) is 20.3 Å². The number of aliphatic carboxylic acids is 1. The summed E-state index contributed by atoms with van der Waals surface area (Å²) in [6.45, 7) is 0.0494. The Morgan fingerprint density at radius 2 is 1.73 bits per heavy atom. The van der Waals surface area contributed by atoms with Crippen molar-refractivity contribution in [1.82, 2.24) is 5.32 Å². The second-order valence-corrected chi connectivity index (χ2v) is 8.98. The second kappa shape index (κ2) is 13.8. The Hall–Kier alpha value is -4.84. The van der Waals surface area contributed by atoms with Gasteiger partial charge in [0.15, 0.2) is 0 Å². The Bertz CT molecular complexity index is 1480. The van der Waals surface area contributed by atoms with Crippen molar-refractivity contribution in [2.75, 3.05) is 13.7 Å². The lowest BCUT2D eigenvalue weighted by molar-refractivity contribution is -0.140. The van der Waals surface area contributed by atoms with Crippen LogP contribution in [0.25, 0.3) is 11.1 Å². The van der Waals surface area contributed by atoms with E-state index in [1.54, 1.807) is 43.5 Å². The number of aliphatic hydroxyl groups is 1. The maximum absolute atomic E-state index is 11.3. The van der Waals surface area contributed by atoms with E-state index < -0.39 is 18.6 Å². The molecule has 0 aromatic heterocycles. The SMILES string of the molecule is COc1c(COc2ccc(CN[C@H](CO)C(=O)O)c(OCc3cccc(C#N)c3)c2)cccc1-c1ccccc1. The van der Waals surface area contributed by atoms with Crippen LogP contribution in [0.5, 0.6) is 17.2 Å². The molecular formula is C32H30N2O6. The number of benzene rings is 4. The van der Waals surface area contributed by atoms with Crippen molar-refractivity contribution >= 4 is 5.97 Å². The highest BCUT2D eigenvalue weighted by Crippen LogP contribution is 2.34. The van der Waals surface area contributed by atoms with Crippen molar-refractivity contribution in [3.05, 3.63) is 113 Å². The molecule has 0 saturated heterocycles. The van der Waals surface area contributed by atoms with Gasteiger partial charge in [0.25, 0.3) is 0 Å². The number of nitriles is 1. The largest absolute Gasteiger partial charge is 0.496 e. The first-order chi connectivity index (χ1) is 19.5. The Balaban J connectivity index is 1.55. The minimum absolute atomic E-state index is 0.151. The molecule has 0 saturated carbocycles. The Morgan fingerprint density at radius 1 is 0.925 bits per heavy atom. The molecule has 0 radical (unpaired) electrons. The molecule has 0 heterocycles. The summed E-state index contributed by atoms with van der Waals surface area (Å²) < 4.78 is 18.0. The van der Waals surface area contributed by atoms with E-state index >= 15 is 0 Å². The Labute approximate surface area is 233 Å². The van der Waals surface area contributed by atoms with E-state index in [1.165, 1.54) is 0 Å². The summed E-state index contributed by atoms with van der Waals surface area (Å²) in [7, 11) is 1.64. The molecule has 40 heavy (non-hydrogen) atoms. The molecule has 4 aromatic carbocycles. The standard InChI is InChI=1S/C32H30N2O6/c1-38-31-26(11-6-12-28(31)24-9-3-2-4-10-24)21-39-27-14-13-25(18-34-29(19-35)32(36)37)30(16-27)40-20-23-8-5-7-22(15-23)17-33/h2-16,29,34-35H,18-21H2,1H3,(H,36,37)/t29-/m1/s1. The molecule has 1 atom stereocenters. The van der Waals surface area contributed by atoms with Crippen LogP contribution in [0.15, 0.2) is 91.0 Å². The van der Waals surface area contributed by atoms with E-state index in [0.717, 1.165) is 28.0 Å². The molecule has 0 aliphatic heterocycles. The molecule has 4 aromatic rings. The number of aliphatic hydroxyl groups excluding tert-OH is 1. The number of carboxylic acid groups (broad SMARTS) is 1. The fraction of sp³-hybridized carbons (Fsp3) is 0.188. The van der Waals surface area contributed by atoms with E-state index in [1.807, 2.05) is 54.6 Å². The molecule has 0 amide bonds. The van der Waals surface area contributed by atoms with Crippen molar-refractivity contribution in [3.63, 3.8) is 0 Å². The highest BCUT2D eigenvalue weighted by Gasteiger charge is 2.17.